The zero-order valence-electron chi connectivity index (χ0n) is 5.35. The van der Waals surface area contributed by atoms with Crippen LogP contribution in [0, 0.1) is 0 Å². The van der Waals surface area contributed by atoms with Gasteiger partial charge < -0.3 is 0 Å². The summed E-state index contributed by atoms with van der Waals surface area (Å²) in [6.45, 7) is 4.06. The van der Waals surface area contributed by atoms with Crippen molar-refractivity contribution in [3.05, 3.63) is 24.0 Å². The Kier molecular flexibility index (Phi) is 4.04. The molecule has 0 spiro atoms. The van der Waals surface area contributed by atoms with Crippen molar-refractivity contribution in [2.75, 3.05) is 0 Å². The molecule has 0 amide bonds. The van der Waals surface area contributed by atoms with Gasteiger partial charge in [-0.25, -0.2) is 0 Å². The molecular weight excluding hydrogens is 100 g/mol. The predicted octanol–water partition coefficient (Wildman–Crippen LogP) is 2.29. The first-order valence-electron chi connectivity index (χ1n) is 2.75. The van der Waals surface area contributed by atoms with Crippen molar-refractivity contribution in [1.29, 1.82) is 0 Å². The molecule has 0 aromatic carbocycles. The Balaban J connectivity index is 3.57. The maximum atomic E-state index is 9.73. The van der Waals surface area contributed by atoms with Crippen molar-refractivity contribution >= 4 is 0 Å². The third-order valence-electron chi connectivity index (χ3n) is 1.02. The molecule has 0 atom stereocenters. The van der Waals surface area contributed by atoms with E-state index in [-0.39, 0.29) is 0 Å². The highest BCUT2D eigenvalue weighted by molar-refractivity contribution is 5.07. The minimum Gasteiger partial charge on any atom is -0.299 e. The Labute approximate surface area is 50.3 Å². The van der Waals surface area contributed by atoms with Gasteiger partial charge in [0.05, 0.1) is 0 Å². The van der Waals surface area contributed by atoms with E-state index in [0.717, 1.165) is 12.7 Å². The Morgan fingerprint density at radius 3 is 2.62 bits per heavy atom. The summed E-state index contributed by atoms with van der Waals surface area (Å²) >= 11 is 0. The first-order valence-corrected chi connectivity index (χ1v) is 2.75. The molecule has 0 aliphatic rings. The fraction of sp³-hybridized carbons (Fsp3) is 0.429. The van der Waals surface area contributed by atoms with Gasteiger partial charge in [-0.2, -0.15) is 0 Å². The lowest BCUT2D eigenvalue weighted by molar-refractivity contribution is 0.352. The Morgan fingerprint density at radius 2 is 2.25 bits per heavy atom. The third kappa shape index (κ3) is 3.47. The topological polar surface area (TPSA) is 19.9 Å². The zero-order valence-corrected chi connectivity index (χ0v) is 5.35. The minimum atomic E-state index is 0.791. The average Bonchev–Trinajstić information content (AvgIpc) is 1.83. The number of rotatable bonds is 2. The second kappa shape index (κ2) is 4.44. The Bertz CT molecular complexity index is 101. The summed E-state index contributed by atoms with van der Waals surface area (Å²) in [7, 11) is 0. The van der Waals surface area contributed by atoms with E-state index in [4.69, 9.17) is 0 Å². The molecule has 0 aliphatic heterocycles. The first kappa shape index (κ1) is 7.28. The minimum absolute atomic E-state index is 0.791. The molecule has 0 unspecified atom stereocenters. The highest BCUT2D eigenvalue weighted by Crippen LogP contribution is 1.96. The van der Waals surface area contributed by atoms with Crippen molar-refractivity contribution in [3.8, 4) is 0 Å². The molecule has 1 nitrogen and oxygen atoms in total. The van der Waals surface area contributed by atoms with Crippen molar-refractivity contribution < 1.29 is 5.11 Å². The van der Waals surface area contributed by atoms with Crippen LogP contribution < -0.4 is 0 Å². The molecule has 0 bridgehead atoms. The number of hydrogen-bond donors (Lipinski definition) is 0. The summed E-state index contributed by atoms with van der Waals surface area (Å²) in [6, 6.07) is 0. The van der Waals surface area contributed by atoms with Crippen LogP contribution in [-0.2, 0) is 5.11 Å². The molecule has 0 aromatic rings. The van der Waals surface area contributed by atoms with Crippen LogP contribution in [0.1, 0.15) is 20.3 Å². The summed E-state index contributed by atoms with van der Waals surface area (Å²) in [5, 5.41) is 9.73. The third-order valence-corrected chi connectivity index (χ3v) is 1.02. The standard InChI is InChI=1S/C7H11O/c1-3-7(2)5-4-6-8/h4-6H,3H2,1-2H3. The van der Waals surface area contributed by atoms with E-state index in [2.05, 4.69) is 6.92 Å². The summed E-state index contributed by atoms with van der Waals surface area (Å²) in [5.74, 6) is 0. The fourth-order valence-electron chi connectivity index (χ4n) is 0.321. The van der Waals surface area contributed by atoms with Crippen LogP contribution in [0.25, 0.3) is 0 Å². The monoisotopic (exact) mass is 111 g/mol. The molecular formula is C7H11O. The summed E-state index contributed by atoms with van der Waals surface area (Å²) in [5.41, 5.74) is 1.23. The van der Waals surface area contributed by atoms with E-state index in [9.17, 15) is 5.11 Å². The highest BCUT2D eigenvalue weighted by atomic mass is 16.2. The lowest BCUT2D eigenvalue weighted by Crippen LogP contribution is -1.66. The van der Waals surface area contributed by atoms with Gasteiger partial charge in [-0.15, -0.1) is 0 Å². The van der Waals surface area contributed by atoms with Gasteiger partial charge in [0.1, 0.15) is 6.26 Å². The maximum Gasteiger partial charge on any atom is 0.142 e. The van der Waals surface area contributed by atoms with Gasteiger partial charge in [-0.05, 0) is 19.4 Å². The highest BCUT2D eigenvalue weighted by Gasteiger charge is 1.76. The molecule has 0 saturated heterocycles. The lowest BCUT2D eigenvalue weighted by atomic mass is 10.2. The van der Waals surface area contributed by atoms with Crippen molar-refractivity contribution in [3.63, 3.8) is 0 Å². The molecule has 0 heterocycles. The zero-order chi connectivity index (χ0) is 6.41. The van der Waals surface area contributed by atoms with Crippen molar-refractivity contribution in [1.82, 2.24) is 0 Å². The van der Waals surface area contributed by atoms with Crippen LogP contribution in [0.3, 0.4) is 0 Å². The summed E-state index contributed by atoms with van der Waals surface area (Å²) in [4.78, 5) is 0. The van der Waals surface area contributed by atoms with Crippen LogP contribution >= 0.6 is 0 Å². The summed E-state index contributed by atoms with van der Waals surface area (Å²) in [6.07, 6.45) is 5.15. The molecule has 0 aromatic heterocycles. The number of hydrogen-bond acceptors (Lipinski definition) is 0. The van der Waals surface area contributed by atoms with Gasteiger partial charge >= 0.3 is 0 Å². The van der Waals surface area contributed by atoms with Gasteiger partial charge in [-0.3, -0.25) is 5.11 Å². The van der Waals surface area contributed by atoms with Crippen LogP contribution in [-0.4, -0.2) is 0 Å². The molecule has 0 fully saturated rings. The molecule has 0 aliphatic carbocycles. The van der Waals surface area contributed by atoms with E-state index in [1.54, 1.807) is 0 Å². The van der Waals surface area contributed by atoms with Crippen LogP contribution in [0.2, 0.25) is 0 Å². The molecule has 45 valence electrons. The van der Waals surface area contributed by atoms with E-state index < -0.39 is 0 Å². The normalized spacial score (nSPS) is 13.0. The second-order valence-electron chi connectivity index (χ2n) is 1.70. The van der Waals surface area contributed by atoms with E-state index in [0.29, 0.717) is 0 Å². The van der Waals surface area contributed by atoms with Crippen molar-refractivity contribution in [2.24, 2.45) is 0 Å². The molecule has 0 N–H and O–H groups in total. The van der Waals surface area contributed by atoms with Crippen molar-refractivity contribution in [2.45, 2.75) is 20.3 Å². The SMILES string of the molecule is CCC(C)=CC=C[O]. The van der Waals surface area contributed by atoms with Crippen LogP contribution in [0.5, 0.6) is 0 Å². The molecule has 0 saturated carbocycles. The quantitative estimate of drug-likeness (QED) is 0.385. The molecule has 0 rings (SSSR count). The average molecular weight is 111 g/mol. The first-order chi connectivity index (χ1) is 3.81. The van der Waals surface area contributed by atoms with E-state index in [1.807, 2.05) is 13.0 Å². The van der Waals surface area contributed by atoms with Gasteiger partial charge in [-0.1, -0.05) is 18.6 Å². The van der Waals surface area contributed by atoms with Gasteiger partial charge in [0, 0.05) is 0 Å². The van der Waals surface area contributed by atoms with Gasteiger partial charge in [0.2, 0.25) is 0 Å². The lowest BCUT2D eigenvalue weighted by Gasteiger charge is -1.86. The largest absolute Gasteiger partial charge is 0.299 e. The van der Waals surface area contributed by atoms with Gasteiger partial charge in [0.25, 0.3) is 0 Å². The molecule has 8 heavy (non-hydrogen) atoms. The number of allylic oxidation sites excluding steroid dienone is 3. The Hall–Kier alpha value is -0.720. The fourth-order valence-corrected chi connectivity index (χ4v) is 0.321. The molecule has 1 heteroatoms. The van der Waals surface area contributed by atoms with Crippen LogP contribution in [0.4, 0.5) is 0 Å². The predicted molar refractivity (Wildman–Crippen MR) is 33.9 cm³/mol. The Morgan fingerprint density at radius 1 is 1.62 bits per heavy atom. The van der Waals surface area contributed by atoms with E-state index in [1.165, 1.54) is 11.6 Å². The van der Waals surface area contributed by atoms with Crippen LogP contribution in [0.15, 0.2) is 24.0 Å². The second-order valence-corrected chi connectivity index (χ2v) is 1.70. The van der Waals surface area contributed by atoms with E-state index >= 15 is 0 Å². The van der Waals surface area contributed by atoms with Gasteiger partial charge in [0.15, 0.2) is 0 Å². The summed E-state index contributed by atoms with van der Waals surface area (Å²) < 4.78 is 0. The molecule has 1 radical (unpaired) electrons. The maximum absolute atomic E-state index is 9.73. The smallest absolute Gasteiger partial charge is 0.142 e.